The van der Waals surface area contributed by atoms with E-state index in [-0.39, 0.29) is 11.5 Å². The Labute approximate surface area is 147 Å². The van der Waals surface area contributed by atoms with Gasteiger partial charge in [-0.2, -0.15) is 0 Å². The number of hydrogen-bond acceptors (Lipinski definition) is 5. The van der Waals surface area contributed by atoms with E-state index in [0.717, 1.165) is 6.07 Å². The highest BCUT2D eigenvalue weighted by atomic mass is 79.9. The highest BCUT2D eigenvalue weighted by Crippen LogP contribution is 2.18. The van der Waals surface area contributed by atoms with Gasteiger partial charge in [0.25, 0.3) is 5.91 Å². The van der Waals surface area contributed by atoms with Crippen LogP contribution in [0.5, 0.6) is 0 Å². The lowest BCUT2D eigenvalue weighted by atomic mass is 10.0. The number of ether oxygens (including phenoxy) is 2. The second-order valence-electron chi connectivity index (χ2n) is 5.47. The Morgan fingerprint density at radius 2 is 1.96 bits per heavy atom. The van der Waals surface area contributed by atoms with Gasteiger partial charge in [-0.05, 0) is 46.5 Å². The van der Waals surface area contributed by atoms with Crippen LogP contribution in [0.3, 0.4) is 0 Å². The molecule has 0 aliphatic rings. The molecule has 0 unspecified atom stereocenters. The number of amides is 1. The summed E-state index contributed by atoms with van der Waals surface area (Å²) in [4.78, 5) is 35.4. The number of halogens is 2. The molecule has 0 saturated heterocycles. The number of carbonyl (C=O) groups excluding carboxylic acids is 3. The third-order valence-corrected chi connectivity index (χ3v) is 3.70. The van der Waals surface area contributed by atoms with Gasteiger partial charge >= 0.3 is 11.9 Å². The van der Waals surface area contributed by atoms with E-state index in [0.29, 0.717) is 10.9 Å². The molecule has 0 radical (unpaired) electrons. The average molecular weight is 404 g/mol. The summed E-state index contributed by atoms with van der Waals surface area (Å²) < 4.78 is 23.0. The quantitative estimate of drug-likeness (QED) is 0.707. The monoisotopic (exact) mass is 403 g/mol. The lowest BCUT2D eigenvalue weighted by Crippen LogP contribution is -2.44. The van der Waals surface area contributed by atoms with Crippen LogP contribution in [-0.2, 0) is 19.1 Å². The summed E-state index contributed by atoms with van der Waals surface area (Å²) in [5.74, 6) is -2.52. The van der Waals surface area contributed by atoms with Crippen molar-refractivity contribution in [1.29, 1.82) is 0 Å². The molecule has 24 heavy (non-hydrogen) atoms. The van der Waals surface area contributed by atoms with Gasteiger partial charge in [0.15, 0.2) is 6.61 Å². The number of benzene rings is 1. The molecule has 0 saturated carbocycles. The van der Waals surface area contributed by atoms with Gasteiger partial charge in [0.05, 0.1) is 12.7 Å². The molecule has 0 fully saturated rings. The number of hydrogen-bond donors (Lipinski definition) is 1. The summed E-state index contributed by atoms with van der Waals surface area (Å²) in [6.45, 7) is 3.20. The second kappa shape index (κ2) is 9.36. The first-order valence-corrected chi connectivity index (χ1v) is 8.03. The van der Waals surface area contributed by atoms with Gasteiger partial charge in [0.2, 0.25) is 0 Å². The van der Waals surface area contributed by atoms with E-state index in [1.165, 1.54) is 19.2 Å². The molecule has 132 valence electrons. The molecule has 6 nitrogen and oxygen atoms in total. The first-order valence-electron chi connectivity index (χ1n) is 7.24. The number of esters is 2. The van der Waals surface area contributed by atoms with Gasteiger partial charge in [0, 0.05) is 4.47 Å². The molecule has 1 aromatic carbocycles. The smallest absolute Gasteiger partial charge is 0.339 e. The highest BCUT2D eigenvalue weighted by Gasteiger charge is 2.23. The third kappa shape index (κ3) is 6.27. The molecule has 1 atom stereocenters. The maximum Gasteiger partial charge on any atom is 0.339 e. The minimum Gasteiger partial charge on any atom is -0.467 e. The van der Waals surface area contributed by atoms with Crippen LogP contribution in [0, 0.1) is 11.7 Å². The Balaban J connectivity index is 2.62. The van der Waals surface area contributed by atoms with Crippen LogP contribution in [0.1, 0.15) is 30.6 Å². The Hall–Kier alpha value is -1.96. The van der Waals surface area contributed by atoms with E-state index in [4.69, 9.17) is 4.74 Å². The molecule has 1 rings (SSSR count). The van der Waals surface area contributed by atoms with Crippen molar-refractivity contribution in [3.05, 3.63) is 34.1 Å². The largest absolute Gasteiger partial charge is 0.467 e. The molecule has 1 amide bonds. The fourth-order valence-corrected chi connectivity index (χ4v) is 2.34. The third-order valence-electron chi connectivity index (χ3n) is 3.01. The van der Waals surface area contributed by atoms with Gasteiger partial charge in [-0.3, -0.25) is 4.79 Å². The van der Waals surface area contributed by atoms with Gasteiger partial charge in [-0.15, -0.1) is 0 Å². The number of methoxy groups -OCH3 is 1. The van der Waals surface area contributed by atoms with Gasteiger partial charge in [-0.1, -0.05) is 13.8 Å². The summed E-state index contributed by atoms with van der Waals surface area (Å²) in [5.41, 5.74) is -0.0329. The van der Waals surface area contributed by atoms with Gasteiger partial charge < -0.3 is 14.8 Å². The van der Waals surface area contributed by atoms with Crippen LogP contribution in [-0.4, -0.2) is 37.6 Å². The SMILES string of the molecule is COC(=O)[C@H](CC(C)C)NC(=O)COC(=O)c1cc(F)ccc1Br. The van der Waals surface area contributed by atoms with Crippen molar-refractivity contribution in [3.63, 3.8) is 0 Å². The molecule has 0 aliphatic carbocycles. The summed E-state index contributed by atoms with van der Waals surface area (Å²) in [7, 11) is 1.23. The van der Waals surface area contributed by atoms with Crippen molar-refractivity contribution in [2.45, 2.75) is 26.3 Å². The van der Waals surface area contributed by atoms with Gasteiger partial charge in [0.1, 0.15) is 11.9 Å². The van der Waals surface area contributed by atoms with Crippen LogP contribution in [0.15, 0.2) is 22.7 Å². The van der Waals surface area contributed by atoms with E-state index in [2.05, 4.69) is 26.0 Å². The lowest BCUT2D eigenvalue weighted by molar-refractivity contribution is -0.145. The molecule has 1 N–H and O–H groups in total. The lowest BCUT2D eigenvalue weighted by Gasteiger charge is -2.18. The van der Waals surface area contributed by atoms with E-state index in [1.54, 1.807) is 0 Å². The summed E-state index contributed by atoms with van der Waals surface area (Å²) in [5, 5.41) is 2.46. The minimum atomic E-state index is -0.852. The first kappa shape index (κ1) is 20.1. The van der Waals surface area contributed by atoms with Crippen molar-refractivity contribution in [2.75, 3.05) is 13.7 Å². The van der Waals surface area contributed by atoms with Crippen LogP contribution >= 0.6 is 15.9 Å². The fourth-order valence-electron chi connectivity index (χ4n) is 1.93. The zero-order chi connectivity index (χ0) is 18.3. The van der Waals surface area contributed by atoms with Gasteiger partial charge in [-0.25, -0.2) is 14.0 Å². The normalized spacial score (nSPS) is 11.8. The number of carbonyl (C=O) groups is 3. The van der Waals surface area contributed by atoms with Crippen molar-refractivity contribution in [2.24, 2.45) is 5.92 Å². The van der Waals surface area contributed by atoms with Crippen molar-refractivity contribution in [3.8, 4) is 0 Å². The maximum absolute atomic E-state index is 13.2. The average Bonchev–Trinajstić information content (AvgIpc) is 2.53. The topological polar surface area (TPSA) is 81.7 Å². The van der Waals surface area contributed by atoms with Crippen molar-refractivity contribution in [1.82, 2.24) is 5.32 Å². The maximum atomic E-state index is 13.2. The number of nitrogens with one attached hydrogen (secondary N) is 1. The molecule has 1 aromatic rings. The number of rotatable bonds is 7. The van der Waals surface area contributed by atoms with Crippen LogP contribution < -0.4 is 5.32 Å². The summed E-state index contributed by atoms with van der Waals surface area (Å²) in [6.07, 6.45) is 0.391. The molecule has 0 heterocycles. The molecule has 8 heteroatoms. The van der Waals surface area contributed by atoms with E-state index in [9.17, 15) is 18.8 Å². The van der Waals surface area contributed by atoms with Crippen LogP contribution in [0.2, 0.25) is 0 Å². The van der Waals surface area contributed by atoms with Crippen molar-refractivity contribution >= 4 is 33.8 Å². The Morgan fingerprint density at radius 3 is 2.54 bits per heavy atom. The molecule has 0 aliphatic heterocycles. The van der Waals surface area contributed by atoms with E-state index in [1.807, 2.05) is 13.8 Å². The summed E-state index contributed by atoms with van der Waals surface area (Å²) >= 11 is 3.10. The molecule has 0 bridgehead atoms. The molecule has 0 aromatic heterocycles. The highest BCUT2D eigenvalue weighted by molar-refractivity contribution is 9.10. The first-order chi connectivity index (χ1) is 11.2. The van der Waals surface area contributed by atoms with E-state index >= 15 is 0 Å². The Bertz CT molecular complexity index is 620. The standard InChI is InChI=1S/C16H19BrFNO5/c1-9(2)6-13(16(22)23-3)19-14(20)8-24-15(21)11-7-10(18)4-5-12(11)17/h4-5,7,9,13H,6,8H2,1-3H3,(H,19,20)/t13-/m0/s1. The predicted octanol–water partition coefficient (Wildman–Crippen LogP) is 2.45. The van der Waals surface area contributed by atoms with Crippen LogP contribution in [0.4, 0.5) is 4.39 Å². The molecule has 0 spiro atoms. The zero-order valence-electron chi connectivity index (χ0n) is 13.6. The van der Waals surface area contributed by atoms with Crippen LogP contribution in [0.25, 0.3) is 0 Å². The molecular weight excluding hydrogens is 385 g/mol. The Morgan fingerprint density at radius 1 is 1.29 bits per heavy atom. The Kier molecular flexibility index (Phi) is 7.84. The minimum absolute atomic E-state index is 0.0329. The van der Waals surface area contributed by atoms with Crippen molar-refractivity contribution < 1.29 is 28.2 Å². The second-order valence-corrected chi connectivity index (χ2v) is 6.33. The fraction of sp³-hybridized carbons (Fsp3) is 0.438. The molecular formula is C16H19BrFNO5. The zero-order valence-corrected chi connectivity index (χ0v) is 15.2. The predicted molar refractivity (Wildman–Crippen MR) is 87.8 cm³/mol. The summed E-state index contributed by atoms with van der Waals surface area (Å²) in [6, 6.07) is 2.73. The van der Waals surface area contributed by atoms with E-state index < -0.39 is 36.3 Å².